The van der Waals surface area contributed by atoms with Crippen LogP contribution in [0, 0.1) is 0 Å². The first-order valence-corrected chi connectivity index (χ1v) is 10.8. The van der Waals surface area contributed by atoms with Gasteiger partial charge in [-0.1, -0.05) is 36.4 Å². The summed E-state index contributed by atoms with van der Waals surface area (Å²) >= 11 is 0. The van der Waals surface area contributed by atoms with Gasteiger partial charge in [0.05, 0.1) is 18.7 Å². The fourth-order valence-corrected chi connectivity index (χ4v) is 3.96. The Morgan fingerprint density at radius 3 is 2.48 bits per heavy atom. The van der Waals surface area contributed by atoms with E-state index in [2.05, 4.69) is 21.9 Å². The number of ether oxygens (including phenoxy) is 1. The van der Waals surface area contributed by atoms with Crippen LogP contribution in [0.5, 0.6) is 0 Å². The molecule has 1 aromatic carbocycles. The molecule has 1 aliphatic rings. The molecule has 1 saturated heterocycles. The number of nitrogens with one attached hydrogen (secondary N) is 1. The minimum atomic E-state index is -1.20. The molecule has 0 unspecified atom stereocenters. The second-order valence-corrected chi connectivity index (χ2v) is 7.93. The number of hydrogen-bond acceptors (Lipinski definition) is 5. The first-order chi connectivity index (χ1) is 16.1. The zero-order valence-electron chi connectivity index (χ0n) is 18.3. The minimum Gasteiger partial charge on any atom is -0.361 e. The Kier molecular flexibility index (Phi) is 6.90. The quantitative estimate of drug-likeness (QED) is 0.569. The normalized spacial score (nSPS) is 17.9. The maximum absolute atomic E-state index is 13.2. The minimum absolute atomic E-state index is 0.147. The molecule has 2 amide bonds. The number of pyridine rings is 2. The molecular formula is C26H26N4O3. The van der Waals surface area contributed by atoms with Crippen molar-refractivity contribution in [3.8, 4) is 11.1 Å². The van der Waals surface area contributed by atoms with Gasteiger partial charge in [-0.15, -0.1) is 6.58 Å². The summed E-state index contributed by atoms with van der Waals surface area (Å²) in [5, 5.41) is 2.86. The van der Waals surface area contributed by atoms with Crippen molar-refractivity contribution in [2.75, 3.05) is 26.2 Å². The second-order valence-electron chi connectivity index (χ2n) is 7.93. The highest BCUT2D eigenvalue weighted by atomic mass is 16.5. The molecule has 1 fully saturated rings. The van der Waals surface area contributed by atoms with E-state index in [1.165, 1.54) is 6.20 Å². The number of morpholine rings is 1. The predicted octanol–water partition coefficient (Wildman–Crippen LogP) is 2.90. The molecule has 3 heterocycles. The molecule has 2 aromatic heterocycles. The van der Waals surface area contributed by atoms with Crippen LogP contribution in [0.2, 0.25) is 0 Å². The molecule has 168 valence electrons. The Labute approximate surface area is 193 Å². The maximum Gasteiger partial charge on any atom is 0.255 e. The van der Waals surface area contributed by atoms with E-state index in [9.17, 15) is 9.59 Å². The van der Waals surface area contributed by atoms with Gasteiger partial charge in [-0.2, -0.15) is 0 Å². The molecule has 0 spiro atoms. The number of carbonyl (C=O) groups is 2. The summed E-state index contributed by atoms with van der Waals surface area (Å²) in [5.74, 6) is -0.429. The summed E-state index contributed by atoms with van der Waals surface area (Å²) in [6, 6.07) is 15.3. The number of nitrogens with zero attached hydrogens (tertiary/aromatic N) is 3. The molecule has 0 saturated carbocycles. The lowest BCUT2D eigenvalue weighted by Gasteiger charge is -2.41. The fraction of sp³-hybridized carbons (Fsp3) is 0.231. The van der Waals surface area contributed by atoms with E-state index in [0.29, 0.717) is 25.1 Å². The third-order valence-electron chi connectivity index (χ3n) is 5.64. The smallest absolute Gasteiger partial charge is 0.255 e. The Balaban J connectivity index is 1.58. The molecule has 1 atom stereocenters. The second kappa shape index (κ2) is 10.2. The number of benzene rings is 1. The predicted molar refractivity (Wildman–Crippen MR) is 125 cm³/mol. The van der Waals surface area contributed by atoms with Crippen LogP contribution < -0.4 is 5.32 Å². The van der Waals surface area contributed by atoms with Gasteiger partial charge in [0.1, 0.15) is 0 Å². The first kappa shape index (κ1) is 22.4. The molecule has 0 bridgehead atoms. The highest BCUT2D eigenvalue weighted by Crippen LogP contribution is 2.27. The highest BCUT2D eigenvalue weighted by molar-refractivity contribution is 5.95. The number of rotatable bonds is 7. The molecule has 0 aliphatic carbocycles. The summed E-state index contributed by atoms with van der Waals surface area (Å²) in [5.41, 5.74) is 2.28. The summed E-state index contributed by atoms with van der Waals surface area (Å²) in [4.78, 5) is 36.2. The average molecular weight is 443 g/mol. The van der Waals surface area contributed by atoms with Gasteiger partial charge in [0.25, 0.3) is 11.8 Å². The van der Waals surface area contributed by atoms with Gasteiger partial charge in [-0.05, 0) is 34.9 Å². The van der Waals surface area contributed by atoms with E-state index in [4.69, 9.17) is 4.74 Å². The molecule has 3 aromatic rings. The summed E-state index contributed by atoms with van der Waals surface area (Å²) in [7, 11) is 0. The third-order valence-corrected chi connectivity index (χ3v) is 5.64. The van der Waals surface area contributed by atoms with E-state index in [0.717, 1.165) is 16.7 Å². The monoisotopic (exact) mass is 442 g/mol. The lowest BCUT2D eigenvalue weighted by molar-refractivity contribution is -0.157. The summed E-state index contributed by atoms with van der Waals surface area (Å²) in [6.45, 7) is 4.81. The largest absolute Gasteiger partial charge is 0.361 e. The van der Waals surface area contributed by atoms with Gasteiger partial charge >= 0.3 is 0 Å². The van der Waals surface area contributed by atoms with Crippen LogP contribution in [-0.4, -0.2) is 58.5 Å². The Morgan fingerprint density at radius 1 is 1.06 bits per heavy atom. The zero-order chi connectivity index (χ0) is 23.1. The van der Waals surface area contributed by atoms with Crippen LogP contribution in [0.25, 0.3) is 11.1 Å². The van der Waals surface area contributed by atoms with E-state index >= 15 is 0 Å². The summed E-state index contributed by atoms with van der Waals surface area (Å²) < 4.78 is 6.09. The number of hydrogen-bond donors (Lipinski definition) is 1. The van der Waals surface area contributed by atoms with Gasteiger partial charge in [0, 0.05) is 44.3 Å². The van der Waals surface area contributed by atoms with Crippen molar-refractivity contribution < 1.29 is 14.3 Å². The number of amides is 2. The maximum atomic E-state index is 13.2. The van der Waals surface area contributed by atoms with Crippen LogP contribution in [-0.2, 0) is 16.0 Å². The van der Waals surface area contributed by atoms with E-state index in [1.54, 1.807) is 35.5 Å². The molecule has 33 heavy (non-hydrogen) atoms. The first-order valence-electron chi connectivity index (χ1n) is 10.8. The van der Waals surface area contributed by atoms with Crippen molar-refractivity contribution in [2.24, 2.45) is 0 Å². The van der Waals surface area contributed by atoms with Crippen molar-refractivity contribution in [3.63, 3.8) is 0 Å². The van der Waals surface area contributed by atoms with Crippen molar-refractivity contribution in [2.45, 2.75) is 12.0 Å². The van der Waals surface area contributed by atoms with Crippen LogP contribution in [0.1, 0.15) is 15.9 Å². The molecular weight excluding hydrogens is 416 g/mol. The lowest BCUT2D eigenvalue weighted by Crippen LogP contribution is -2.62. The molecule has 1 aliphatic heterocycles. The van der Waals surface area contributed by atoms with Crippen LogP contribution in [0.3, 0.4) is 0 Å². The van der Waals surface area contributed by atoms with Crippen LogP contribution in [0.4, 0.5) is 0 Å². The van der Waals surface area contributed by atoms with Gasteiger partial charge < -0.3 is 15.0 Å². The Bertz CT molecular complexity index is 1100. The zero-order valence-corrected chi connectivity index (χ0v) is 18.3. The van der Waals surface area contributed by atoms with Crippen LogP contribution in [0.15, 0.2) is 86.0 Å². The van der Waals surface area contributed by atoms with E-state index in [-0.39, 0.29) is 25.0 Å². The molecule has 7 heteroatoms. The van der Waals surface area contributed by atoms with Crippen LogP contribution >= 0.6 is 0 Å². The molecule has 1 N–H and O–H groups in total. The van der Waals surface area contributed by atoms with Gasteiger partial charge in [-0.25, -0.2) is 0 Å². The number of carbonyl (C=O) groups excluding carboxylic acids is 2. The molecule has 4 rings (SSSR count). The standard InChI is InChI=1S/C26H26N4O3/c1-2-11-29-25(32)26(16-20-7-9-21(10-8-20)22-5-3-12-27-17-22)19-30(14-15-33-26)24(31)23-6-4-13-28-18-23/h2-10,12-13,17-18H,1,11,14-16,19H2,(H,29,32)/t26-/m1/s1. The Hall–Kier alpha value is -3.84. The van der Waals surface area contributed by atoms with Gasteiger partial charge in [-0.3, -0.25) is 19.6 Å². The highest BCUT2D eigenvalue weighted by Gasteiger charge is 2.45. The fourth-order valence-electron chi connectivity index (χ4n) is 3.96. The van der Waals surface area contributed by atoms with Crippen molar-refractivity contribution in [3.05, 3.63) is 97.1 Å². The average Bonchev–Trinajstić information content (AvgIpc) is 2.88. The van der Waals surface area contributed by atoms with Crippen molar-refractivity contribution >= 4 is 11.8 Å². The van der Waals surface area contributed by atoms with Crippen molar-refractivity contribution in [1.82, 2.24) is 20.2 Å². The number of aromatic nitrogens is 2. The van der Waals surface area contributed by atoms with Crippen molar-refractivity contribution in [1.29, 1.82) is 0 Å². The SMILES string of the molecule is C=CCNC(=O)[C@@]1(Cc2ccc(-c3cccnc3)cc2)CN(C(=O)c2cccnc2)CCO1. The van der Waals surface area contributed by atoms with Gasteiger partial charge in [0.15, 0.2) is 5.60 Å². The van der Waals surface area contributed by atoms with E-state index in [1.807, 2.05) is 42.6 Å². The third kappa shape index (κ3) is 5.15. The summed E-state index contributed by atoms with van der Waals surface area (Å²) in [6.07, 6.45) is 8.66. The lowest BCUT2D eigenvalue weighted by atomic mass is 9.90. The van der Waals surface area contributed by atoms with Gasteiger partial charge in [0.2, 0.25) is 0 Å². The van der Waals surface area contributed by atoms with E-state index < -0.39 is 5.60 Å². The topological polar surface area (TPSA) is 84.4 Å². The Morgan fingerprint density at radius 2 is 1.82 bits per heavy atom. The molecule has 0 radical (unpaired) electrons. The molecule has 7 nitrogen and oxygen atoms in total.